The van der Waals surface area contributed by atoms with Crippen molar-refractivity contribution in [3.05, 3.63) is 34.0 Å². The Labute approximate surface area is 179 Å². The Morgan fingerprint density at radius 3 is 1.56 bits per heavy atom. The third-order valence-electron chi connectivity index (χ3n) is 4.28. The van der Waals surface area contributed by atoms with E-state index in [1.54, 1.807) is 13.3 Å². The summed E-state index contributed by atoms with van der Waals surface area (Å²) in [7, 11) is -4.73. The van der Waals surface area contributed by atoms with Gasteiger partial charge in [-0.05, 0) is 0 Å². The molecule has 0 radical (unpaired) electrons. The second kappa shape index (κ2) is 8.87. The van der Waals surface area contributed by atoms with Crippen LogP contribution in [-0.2, 0) is 16.1 Å². The van der Waals surface area contributed by atoms with E-state index in [9.17, 15) is 0 Å². The van der Waals surface area contributed by atoms with Crippen LogP contribution in [0.25, 0.3) is 0 Å². The third kappa shape index (κ3) is 8.20. The molecule has 0 aromatic heterocycles. The normalized spacial score (nSPS) is 17.6. The number of allylic oxidation sites excluding steroid dienone is 5. The summed E-state index contributed by atoms with van der Waals surface area (Å²) in [5.74, 6) is 0. The fourth-order valence-electron chi connectivity index (χ4n) is 4.08. The van der Waals surface area contributed by atoms with Crippen molar-refractivity contribution < 1.29 is 16.1 Å². The minimum absolute atomic E-state index is 1.11. The van der Waals surface area contributed by atoms with Crippen LogP contribution in [0.3, 0.4) is 0 Å². The number of hydrogen-bond acceptors (Lipinski definition) is 0. The molecule has 0 amide bonds. The molecule has 0 nitrogen and oxygen atoms in total. The van der Waals surface area contributed by atoms with E-state index >= 15 is 0 Å². The second-order valence-corrected chi connectivity index (χ2v) is 47.8. The van der Waals surface area contributed by atoms with E-state index in [1.165, 1.54) is 12.5 Å². The van der Waals surface area contributed by atoms with Crippen LogP contribution in [0.5, 0.6) is 0 Å². The number of hydrogen-bond donors (Lipinski definition) is 0. The molecule has 0 heterocycles. The van der Waals surface area contributed by atoms with Gasteiger partial charge in [0.15, 0.2) is 0 Å². The summed E-state index contributed by atoms with van der Waals surface area (Å²) in [6.45, 7) is 33.1. The summed E-state index contributed by atoms with van der Waals surface area (Å²) in [6, 6.07) is 1.24. The quantitative estimate of drug-likeness (QED) is 0.170. The first-order valence-electron chi connectivity index (χ1n) is 10.4. The molecule has 0 saturated heterocycles. The molecule has 1 aliphatic carbocycles. The molecule has 0 aliphatic heterocycles. The summed E-state index contributed by atoms with van der Waals surface area (Å²) >= 11 is -2.05. The van der Waals surface area contributed by atoms with Crippen molar-refractivity contribution in [3.8, 4) is 0 Å². The summed E-state index contributed by atoms with van der Waals surface area (Å²) in [6.07, 6.45) is 8.63. The van der Waals surface area contributed by atoms with E-state index in [0.717, 1.165) is 0 Å². The molecule has 0 spiro atoms. The van der Waals surface area contributed by atoms with Crippen molar-refractivity contribution in [3.63, 3.8) is 0 Å². The van der Waals surface area contributed by atoms with Crippen molar-refractivity contribution in [2.45, 2.75) is 97.8 Å². The molecule has 27 heavy (non-hydrogen) atoms. The maximum absolute atomic E-state index is 4.11. The zero-order valence-corrected chi connectivity index (χ0v) is 26.6. The van der Waals surface area contributed by atoms with Gasteiger partial charge in [0, 0.05) is 0 Å². The van der Waals surface area contributed by atoms with Crippen molar-refractivity contribution in [1.82, 2.24) is 0 Å². The molecule has 162 valence electrons. The first-order valence-corrected chi connectivity index (χ1v) is 30.7. The molecule has 1 aliphatic rings. The molecular weight excluding hydrogens is 572 g/mol. The predicted octanol–water partition coefficient (Wildman–Crippen LogP) is 8.68. The van der Waals surface area contributed by atoms with Crippen molar-refractivity contribution in [2.75, 3.05) is 0 Å². The molecule has 0 fully saturated rings. The molecule has 0 aromatic rings. The Morgan fingerprint density at radius 2 is 1.22 bits per heavy atom. The second-order valence-electron chi connectivity index (χ2n) is 12.6. The zero-order valence-electron chi connectivity index (χ0n) is 20.3. The van der Waals surface area contributed by atoms with Gasteiger partial charge in [0.1, 0.15) is 0 Å². The Balaban J connectivity index is 3.69. The average Bonchev–Trinajstić information content (AvgIpc) is 2.81. The van der Waals surface area contributed by atoms with Gasteiger partial charge in [-0.25, -0.2) is 0 Å². The monoisotopic (exact) mass is 619 g/mol. The molecule has 0 bridgehead atoms. The minimum atomic E-state index is -2.05. The van der Waals surface area contributed by atoms with E-state index < -0.39 is 48.4 Å². The van der Waals surface area contributed by atoms with Crippen molar-refractivity contribution in [2.24, 2.45) is 0 Å². The maximum atomic E-state index is 4.11. The van der Waals surface area contributed by atoms with E-state index in [0.29, 0.717) is 0 Å². The van der Waals surface area contributed by atoms with Crippen LogP contribution in [0.15, 0.2) is 34.0 Å². The van der Waals surface area contributed by atoms with Crippen LogP contribution < -0.4 is 0 Å². The Kier molecular flexibility index (Phi) is 8.48. The van der Waals surface area contributed by atoms with E-state index in [1.807, 2.05) is 5.20 Å². The van der Waals surface area contributed by atoms with Gasteiger partial charge in [-0.15, -0.1) is 0 Å². The van der Waals surface area contributed by atoms with E-state index in [-0.39, 0.29) is 0 Å². The van der Waals surface area contributed by atoms with Crippen LogP contribution in [0, 0.1) is 0 Å². The van der Waals surface area contributed by atoms with Gasteiger partial charge in [0.2, 0.25) is 0 Å². The molecule has 5 heteroatoms. The SMILES string of the molecule is C=CC[Si](C)(C)C1=[C]([Pt]([CH2][Si](C)(C)C)([CH2][Si](C)(C)C)[CH2][Si](C)(C)C)CC=C1. The first-order chi connectivity index (χ1) is 11.9. The molecule has 0 atom stereocenters. The molecule has 0 aromatic carbocycles. The summed E-state index contributed by atoms with van der Waals surface area (Å²) in [5.41, 5.74) is 0. The fraction of sp³-hybridized carbons (Fsp3) is 0.727. The molecule has 0 unspecified atom stereocenters. The molecule has 0 saturated carbocycles. The Bertz CT molecular complexity index is 554. The van der Waals surface area contributed by atoms with Gasteiger partial charge >= 0.3 is 180 Å². The first kappa shape index (κ1) is 25.8. The fourth-order valence-corrected chi connectivity index (χ4v) is 71.6. The summed E-state index contributed by atoms with van der Waals surface area (Å²) < 4.78 is 7.04. The van der Waals surface area contributed by atoms with Crippen LogP contribution in [0.4, 0.5) is 0 Å². The summed E-state index contributed by atoms with van der Waals surface area (Å²) in [4.78, 5) is 0. The van der Waals surface area contributed by atoms with Crippen LogP contribution in [0.2, 0.25) is 91.4 Å². The Hall–Kier alpha value is 0.776. The van der Waals surface area contributed by atoms with Gasteiger partial charge in [-0.3, -0.25) is 0 Å². The zero-order chi connectivity index (χ0) is 21.3. The van der Waals surface area contributed by atoms with Crippen LogP contribution >= 0.6 is 0 Å². The predicted molar refractivity (Wildman–Crippen MR) is 138 cm³/mol. The third-order valence-corrected chi connectivity index (χ3v) is 50.9. The molecular formula is C22H48PtSi4. The van der Waals surface area contributed by atoms with E-state index in [4.69, 9.17) is 0 Å². The van der Waals surface area contributed by atoms with Gasteiger partial charge in [-0.2, -0.15) is 0 Å². The topological polar surface area (TPSA) is 0 Å². The summed E-state index contributed by atoms with van der Waals surface area (Å²) in [5, 5.41) is 1.87. The van der Waals surface area contributed by atoms with Crippen molar-refractivity contribution in [1.29, 1.82) is 0 Å². The van der Waals surface area contributed by atoms with Gasteiger partial charge in [-0.1, -0.05) is 0 Å². The average molecular weight is 620 g/mol. The van der Waals surface area contributed by atoms with Crippen LogP contribution in [0.1, 0.15) is 6.42 Å². The molecule has 1 rings (SSSR count). The number of rotatable bonds is 10. The van der Waals surface area contributed by atoms with Crippen LogP contribution in [-0.4, -0.2) is 32.3 Å². The van der Waals surface area contributed by atoms with Gasteiger partial charge in [0.05, 0.1) is 0 Å². The van der Waals surface area contributed by atoms with Gasteiger partial charge in [0.25, 0.3) is 0 Å². The Morgan fingerprint density at radius 1 is 0.815 bits per heavy atom. The van der Waals surface area contributed by atoms with E-state index in [2.05, 4.69) is 101 Å². The standard InChI is InChI=1S/C10H15Si.3C4H11Si.Pt/c1-4-9-11(2,3)10-7-5-6-8-10;3*1-5(2,3)4;/h4-5,7H,1,6,9H2,2-3H3;3*1H2,2-4H3;. The molecule has 0 N–H and O–H groups in total. The van der Waals surface area contributed by atoms with Crippen molar-refractivity contribution >= 4 is 32.3 Å². The van der Waals surface area contributed by atoms with Gasteiger partial charge < -0.3 is 0 Å².